The molecule has 2 rings (SSSR count). The highest BCUT2D eigenvalue weighted by atomic mass is 15.1. The number of aryl methyl sites for hydroxylation is 1. The molecule has 3 nitrogen and oxygen atoms in total. The SMILES string of the molecule is Cc1ccc(CNc2cn[nH]c2)cc1. The van der Waals surface area contributed by atoms with Gasteiger partial charge in [-0.15, -0.1) is 0 Å². The Morgan fingerprint density at radius 3 is 2.71 bits per heavy atom. The molecule has 0 saturated carbocycles. The highest BCUT2D eigenvalue weighted by Gasteiger charge is 1.93. The van der Waals surface area contributed by atoms with Gasteiger partial charge in [0.1, 0.15) is 0 Å². The van der Waals surface area contributed by atoms with Gasteiger partial charge in [0.25, 0.3) is 0 Å². The number of nitrogens with one attached hydrogen (secondary N) is 2. The van der Waals surface area contributed by atoms with Crippen LogP contribution in [0.2, 0.25) is 0 Å². The number of hydrogen-bond donors (Lipinski definition) is 2. The fraction of sp³-hybridized carbons (Fsp3) is 0.182. The molecule has 72 valence electrons. The van der Waals surface area contributed by atoms with Crippen molar-refractivity contribution in [1.82, 2.24) is 10.2 Å². The molecule has 0 radical (unpaired) electrons. The van der Waals surface area contributed by atoms with E-state index in [4.69, 9.17) is 0 Å². The van der Waals surface area contributed by atoms with E-state index in [0.717, 1.165) is 12.2 Å². The van der Waals surface area contributed by atoms with E-state index >= 15 is 0 Å². The number of aromatic amines is 1. The summed E-state index contributed by atoms with van der Waals surface area (Å²) < 4.78 is 0. The minimum absolute atomic E-state index is 0.833. The molecule has 1 aromatic heterocycles. The molecule has 0 aliphatic carbocycles. The summed E-state index contributed by atoms with van der Waals surface area (Å²) in [6.07, 6.45) is 3.61. The van der Waals surface area contributed by atoms with Crippen molar-refractivity contribution in [3.63, 3.8) is 0 Å². The van der Waals surface area contributed by atoms with Crippen molar-refractivity contribution in [2.75, 3.05) is 5.32 Å². The molecule has 0 fully saturated rings. The maximum atomic E-state index is 3.86. The zero-order valence-electron chi connectivity index (χ0n) is 8.12. The largest absolute Gasteiger partial charge is 0.378 e. The first-order valence-corrected chi connectivity index (χ1v) is 4.63. The minimum atomic E-state index is 0.833. The average molecular weight is 187 g/mol. The van der Waals surface area contributed by atoms with E-state index in [2.05, 4.69) is 46.7 Å². The van der Waals surface area contributed by atoms with Crippen molar-refractivity contribution in [2.24, 2.45) is 0 Å². The Morgan fingerprint density at radius 2 is 2.07 bits per heavy atom. The van der Waals surface area contributed by atoms with Crippen molar-refractivity contribution in [2.45, 2.75) is 13.5 Å². The van der Waals surface area contributed by atoms with E-state index in [1.165, 1.54) is 11.1 Å². The summed E-state index contributed by atoms with van der Waals surface area (Å²) in [4.78, 5) is 0. The van der Waals surface area contributed by atoms with Gasteiger partial charge in [0.15, 0.2) is 0 Å². The van der Waals surface area contributed by atoms with E-state index in [0.29, 0.717) is 0 Å². The van der Waals surface area contributed by atoms with Crippen LogP contribution in [0.4, 0.5) is 5.69 Å². The highest BCUT2D eigenvalue weighted by molar-refractivity contribution is 5.38. The third-order valence-electron chi connectivity index (χ3n) is 2.12. The number of rotatable bonds is 3. The van der Waals surface area contributed by atoms with E-state index in [-0.39, 0.29) is 0 Å². The third kappa shape index (κ3) is 2.13. The first-order valence-electron chi connectivity index (χ1n) is 4.63. The fourth-order valence-corrected chi connectivity index (χ4v) is 1.26. The smallest absolute Gasteiger partial charge is 0.0726 e. The summed E-state index contributed by atoms with van der Waals surface area (Å²) in [7, 11) is 0. The molecule has 0 amide bonds. The molecule has 1 aromatic carbocycles. The van der Waals surface area contributed by atoms with Gasteiger partial charge >= 0.3 is 0 Å². The summed E-state index contributed by atoms with van der Waals surface area (Å²) in [6.45, 7) is 2.92. The molecule has 0 aliphatic heterocycles. The van der Waals surface area contributed by atoms with Crippen LogP contribution in [0.15, 0.2) is 36.7 Å². The molecule has 0 aliphatic rings. The number of H-pyrrole nitrogens is 1. The molecular weight excluding hydrogens is 174 g/mol. The molecule has 0 bridgehead atoms. The number of anilines is 1. The third-order valence-corrected chi connectivity index (χ3v) is 2.12. The van der Waals surface area contributed by atoms with Gasteiger partial charge in [0.05, 0.1) is 11.9 Å². The van der Waals surface area contributed by atoms with E-state index < -0.39 is 0 Å². The van der Waals surface area contributed by atoms with Gasteiger partial charge in [0, 0.05) is 12.7 Å². The summed E-state index contributed by atoms with van der Waals surface area (Å²) in [6, 6.07) is 8.49. The number of nitrogens with zero attached hydrogens (tertiary/aromatic N) is 1. The van der Waals surface area contributed by atoms with Crippen LogP contribution >= 0.6 is 0 Å². The molecule has 2 N–H and O–H groups in total. The summed E-state index contributed by atoms with van der Waals surface area (Å²) in [5, 5.41) is 9.89. The van der Waals surface area contributed by atoms with Crippen molar-refractivity contribution in [3.05, 3.63) is 47.8 Å². The lowest BCUT2D eigenvalue weighted by atomic mass is 10.1. The standard InChI is InChI=1S/C11H13N3/c1-9-2-4-10(5-3-9)6-12-11-7-13-14-8-11/h2-5,7-8,12H,6H2,1H3,(H,13,14). The van der Waals surface area contributed by atoms with Crippen LogP contribution in [0, 0.1) is 6.92 Å². The summed E-state index contributed by atoms with van der Waals surface area (Å²) in [5.74, 6) is 0. The minimum Gasteiger partial charge on any atom is -0.378 e. The first kappa shape index (κ1) is 8.81. The molecule has 1 heterocycles. The van der Waals surface area contributed by atoms with Gasteiger partial charge in [-0.05, 0) is 12.5 Å². The van der Waals surface area contributed by atoms with E-state index in [9.17, 15) is 0 Å². The Labute approximate surface area is 83.2 Å². The van der Waals surface area contributed by atoms with E-state index in [1.54, 1.807) is 6.20 Å². The molecule has 0 unspecified atom stereocenters. The molecule has 0 saturated heterocycles. The Hall–Kier alpha value is -1.77. The Kier molecular flexibility index (Phi) is 2.49. The van der Waals surface area contributed by atoms with Crippen LogP contribution in [0.1, 0.15) is 11.1 Å². The highest BCUT2D eigenvalue weighted by Crippen LogP contribution is 2.07. The van der Waals surface area contributed by atoms with Gasteiger partial charge in [-0.2, -0.15) is 5.10 Å². The average Bonchev–Trinajstić information content (AvgIpc) is 2.70. The second kappa shape index (κ2) is 3.96. The topological polar surface area (TPSA) is 40.7 Å². The zero-order valence-corrected chi connectivity index (χ0v) is 8.12. The monoisotopic (exact) mass is 187 g/mol. The maximum absolute atomic E-state index is 3.86. The van der Waals surface area contributed by atoms with Crippen molar-refractivity contribution in [1.29, 1.82) is 0 Å². The van der Waals surface area contributed by atoms with Crippen LogP contribution in [-0.4, -0.2) is 10.2 Å². The number of benzene rings is 1. The summed E-state index contributed by atoms with van der Waals surface area (Å²) in [5.41, 5.74) is 3.58. The van der Waals surface area contributed by atoms with Gasteiger partial charge < -0.3 is 5.32 Å². The van der Waals surface area contributed by atoms with Crippen molar-refractivity contribution < 1.29 is 0 Å². The molecular formula is C11H13N3. The van der Waals surface area contributed by atoms with E-state index in [1.807, 2.05) is 6.20 Å². The Bertz CT molecular complexity index is 375. The quantitative estimate of drug-likeness (QED) is 0.774. The van der Waals surface area contributed by atoms with Crippen LogP contribution in [0.25, 0.3) is 0 Å². The summed E-state index contributed by atoms with van der Waals surface area (Å²) >= 11 is 0. The Morgan fingerprint density at radius 1 is 1.29 bits per heavy atom. The molecule has 0 spiro atoms. The van der Waals surface area contributed by atoms with Crippen LogP contribution in [0.3, 0.4) is 0 Å². The van der Waals surface area contributed by atoms with Gasteiger partial charge in [0.2, 0.25) is 0 Å². The molecule has 2 aromatic rings. The predicted molar refractivity (Wildman–Crippen MR) is 57.1 cm³/mol. The normalized spacial score (nSPS) is 10.1. The first-order chi connectivity index (χ1) is 6.84. The van der Waals surface area contributed by atoms with Gasteiger partial charge in [-0.3, -0.25) is 5.10 Å². The van der Waals surface area contributed by atoms with Gasteiger partial charge in [-0.1, -0.05) is 29.8 Å². The Balaban J connectivity index is 1.95. The van der Waals surface area contributed by atoms with Crippen LogP contribution in [0.5, 0.6) is 0 Å². The second-order valence-electron chi connectivity index (χ2n) is 3.33. The second-order valence-corrected chi connectivity index (χ2v) is 3.33. The zero-order chi connectivity index (χ0) is 9.80. The van der Waals surface area contributed by atoms with Crippen molar-refractivity contribution in [3.8, 4) is 0 Å². The molecule has 14 heavy (non-hydrogen) atoms. The lowest BCUT2D eigenvalue weighted by Crippen LogP contribution is -1.97. The molecule has 0 atom stereocenters. The number of hydrogen-bond acceptors (Lipinski definition) is 2. The van der Waals surface area contributed by atoms with Gasteiger partial charge in [-0.25, -0.2) is 0 Å². The van der Waals surface area contributed by atoms with Crippen LogP contribution in [-0.2, 0) is 6.54 Å². The lowest BCUT2D eigenvalue weighted by Gasteiger charge is -2.03. The lowest BCUT2D eigenvalue weighted by molar-refractivity contribution is 1.09. The fourth-order valence-electron chi connectivity index (χ4n) is 1.26. The predicted octanol–water partition coefficient (Wildman–Crippen LogP) is 2.33. The molecule has 3 heteroatoms. The van der Waals surface area contributed by atoms with Crippen molar-refractivity contribution >= 4 is 5.69 Å². The maximum Gasteiger partial charge on any atom is 0.0726 e. The van der Waals surface area contributed by atoms with Crippen LogP contribution < -0.4 is 5.32 Å². The number of aromatic nitrogens is 2.